The third-order valence-electron chi connectivity index (χ3n) is 2.52. The van der Waals surface area contributed by atoms with Gasteiger partial charge < -0.3 is 10.8 Å². The summed E-state index contributed by atoms with van der Waals surface area (Å²) in [5.74, 6) is -1.00. The molecule has 0 aliphatic heterocycles. The van der Waals surface area contributed by atoms with Crippen LogP contribution >= 0.6 is 11.6 Å². The number of benzene rings is 1. The monoisotopic (exact) mass is 265 g/mol. The van der Waals surface area contributed by atoms with Gasteiger partial charge in [0.05, 0.1) is 16.9 Å². The summed E-state index contributed by atoms with van der Waals surface area (Å²) in [6, 6.07) is 6.46. The maximum atomic E-state index is 10.6. The lowest BCUT2D eigenvalue weighted by Gasteiger charge is -2.07. The van der Waals surface area contributed by atoms with Gasteiger partial charge in [0.2, 0.25) is 0 Å². The Kier molecular flexibility index (Phi) is 3.64. The van der Waals surface area contributed by atoms with Crippen molar-refractivity contribution in [3.05, 3.63) is 47.2 Å². The predicted molar refractivity (Wildman–Crippen MR) is 67.9 cm³/mol. The highest BCUT2D eigenvalue weighted by atomic mass is 35.5. The molecule has 1 unspecified atom stereocenters. The lowest BCUT2D eigenvalue weighted by molar-refractivity contribution is -0.138. The molecule has 0 aliphatic carbocycles. The molecule has 1 aromatic heterocycles. The summed E-state index contributed by atoms with van der Waals surface area (Å²) in [5.41, 5.74) is 7.19. The molecule has 1 aromatic carbocycles. The van der Waals surface area contributed by atoms with Gasteiger partial charge in [0.25, 0.3) is 0 Å². The molecule has 0 aliphatic rings. The number of aliphatic carboxylic acids is 1. The number of carboxylic acid groups (broad SMARTS) is 1. The van der Waals surface area contributed by atoms with E-state index < -0.39 is 12.0 Å². The van der Waals surface area contributed by atoms with Crippen molar-refractivity contribution in [2.45, 2.75) is 12.5 Å². The first kappa shape index (κ1) is 12.6. The predicted octanol–water partition coefficient (Wildman–Crippen LogP) is 1.48. The van der Waals surface area contributed by atoms with Crippen LogP contribution in [0.15, 0.2) is 36.7 Å². The number of hydrogen-bond donors (Lipinski definition) is 2. The highest BCUT2D eigenvalue weighted by Crippen LogP contribution is 2.13. The second kappa shape index (κ2) is 5.20. The normalized spacial score (nSPS) is 12.3. The summed E-state index contributed by atoms with van der Waals surface area (Å²) in [6.07, 6.45) is 3.55. The first-order valence-corrected chi connectivity index (χ1v) is 5.72. The van der Waals surface area contributed by atoms with Gasteiger partial charge in [0.1, 0.15) is 6.04 Å². The molecular formula is C12H12ClN3O2. The van der Waals surface area contributed by atoms with Crippen LogP contribution in [0.4, 0.5) is 0 Å². The van der Waals surface area contributed by atoms with Crippen molar-refractivity contribution in [2.75, 3.05) is 0 Å². The van der Waals surface area contributed by atoms with E-state index in [1.54, 1.807) is 17.1 Å². The molecule has 1 atom stereocenters. The van der Waals surface area contributed by atoms with Crippen molar-refractivity contribution in [3.63, 3.8) is 0 Å². The van der Waals surface area contributed by atoms with Gasteiger partial charge in [-0.15, -0.1) is 0 Å². The molecule has 2 aromatic rings. The average Bonchev–Trinajstić information content (AvgIpc) is 2.76. The van der Waals surface area contributed by atoms with Gasteiger partial charge in [0.15, 0.2) is 0 Å². The maximum Gasteiger partial charge on any atom is 0.320 e. The minimum Gasteiger partial charge on any atom is -0.480 e. The molecule has 0 amide bonds. The summed E-state index contributed by atoms with van der Waals surface area (Å²) in [7, 11) is 0. The minimum absolute atomic E-state index is 0.301. The molecule has 0 bridgehead atoms. The lowest BCUT2D eigenvalue weighted by Crippen LogP contribution is -2.32. The number of hydrogen-bond acceptors (Lipinski definition) is 3. The second-order valence-electron chi connectivity index (χ2n) is 3.92. The molecule has 0 saturated heterocycles. The number of nitrogens with two attached hydrogens (primary N) is 1. The van der Waals surface area contributed by atoms with Gasteiger partial charge in [-0.3, -0.25) is 4.79 Å². The number of nitrogens with zero attached hydrogens (tertiary/aromatic N) is 2. The van der Waals surface area contributed by atoms with Crippen LogP contribution in [0, 0.1) is 0 Å². The third-order valence-corrected chi connectivity index (χ3v) is 2.72. The van der Waals surface area contributed by atoms with Crippen LogP contribution in [-0.2, 0) is 11.2 Å². The standard InChI is InChI=1S/C12H12ClN3O2/c13-9-6-15-16(7-9)10-3-1-8(2-4-10)5-11(14)12(17)18/h1-4,6-7,11H,5,14H2,(H,17,18). The fourth-order valence-electron chi connectivity index (χ4n) is 1.57. The Balaban J connectivity index is 2.13. The first-order chi connectivity index (χ1) is 8.56. The minimum atomic E-state index is -1.00. The van der Waals surface area contributed by atoms with Gasteiger partial charge in [-0.2, -0.15) is 5.10 Å². The quantitative estimate of drug-likeness (QED) is 0.877. The van der Waals surface area contributed by atoms with Gasteiger partial charge in [-0.25, -0.2) is 4.68 Å². The molecule has 2 rings (SSSR count). The Morgan fingerprint density at radius 3 is 2.61 bits per heavy atom. The van der Waals surface area contributed by atoms with Crippen molar-refractivity contribution in [2.24, 2.45) is 5.73 Å². The molecule has 1 heterocycles. The molecule has 0 spiro atoms. The first-order valence-electron chi connectivity index (χ1n) is 5.34. The number of carboxylic acids is 1. The number of carbonyl (C=O) groups is 1. The van der Waals surface area contributed by atoms with Crippen molar-refractivity contribution < 1.29 is 9.90 Å². The van der Waals surface area contributed by atoms with E-state index >= 15 is 0 Å². The van der Waals surface area contributed by atoms with E-state index in [9.17, 15) is 4.79 Å². The molecule has 0 fully saturated rings. The Morgan fingerprint density at radius 2 is 2.11 bits per heavy atom. The van der Waals surface area contributed by atoms with Crippen LogP contribution in [-0.4, -0.2) is 26.9 Å². The van der Waals surface area contributed by atoms with Crippen molar-refractivity contribution >= 4 is 17.6 Å². The molecular weight excluding hydrogens is 254 g/mol. The van der Waals surface area contributed by atoms with Crippen LogP contribution in [0.3, 0.4) is 0 Å². The molecule has 94 valence electrons. The number of aromatic nitrogens is 2. The summed E-state index contributed by atoms with van der Waals surface area (Å²) in [6.45, 7) is 0. The van der Waals surface area contributed by atoms with E-state index in [-0.39, 0.29) is 0 Å². The van der Waals surface area contributed by atoms with Crippen LogP contribution in [0.5, 0.6) is 0 Å². The molecule has 6 heteroatoms. The largest absolute Gasteiger partial charge is 0.480 e. The van der Waals surface area contributed by atoms with Gasteiger partial charge in [-0.05, 0) is 24.1 Å². The maximum absolute atomic E-state index is 10.6. The van der Waals surface area contributed by atoms with E-state index in [0.717, 1.165) is 11.3 Å². The van der Waals surface area contributed by atoms with E-state index in [1.807, 2.05) is 24.3 Å². The zero-order valence-corrected chi connectivity index (χ0v) is 10.2. The van der Waals surface area contributed by atoms with Crippen LogP contribution in [0.25, 0.3) is 5.69 Å². The fraction of sp³-hybridized carbons (Fsp3) is 0.167. The molecule has 0 radical (unpaired) electrons. The van der Waals surface area contributed by atoms with Gasteiger partial charge in [-0.1, -0.05) is 23.7 Å². The number of halogens is 1. The fourth-order valence-corrected chi connectivity index (χ4v) is 1.70. The Bertz CT molecular complexity index is 551. The zero-order valence-electron chi connectivity index (χ0n) is 9.45. The molecule has 3 N–H and O–H groups in total. The van der Waals surface area contributed by atoms with E-state index in [1.165, 1.54) is 0 Å². The van der Waals surface area contributed by atoms with Crippen LogP contribution in [0.1, 0.15) is 5.56 Å². The Morgan fingerprint density at radius 1 is 1.44 bits per heavy atom. The van der Waals surface area contributed by atoms with E-state index in [2.05, 4.69) is 5.10 Å². The third kappa shape index (κ3) is 2.88. The van der Waals surface area contributed by atoms with Crippen molar-refractivity contribution in [1.29, 1.82) is 0 Å². The smallest absolute Gasteiger partial charge is 0.320 e. The van der Waals surface area contributed by atoms with Crippen LogP contribution < -0.4 is 5.73 Å². The van der Waals surface area contributed by atoms with E-state index in [0.29, 0.717) is 11.4 Å². The number of rotatable bonds is 4. The second-order valence-corrected chi connectivity index (χ2v) is 4.35. The lowest BCUT2D eigenvalue weighted by atomic mass is 10.1. The highest BCUT2D eigenvalue weighted by Gasteiger charge is 2.11. The van der Waals surface area contributed by atoms with E-state index in [4.69, 9.17) is 22.4 Å². The summed E-state index contributed by atoms with van der Waals surface area (Å²) in [5, 5.41) is 13.4. The van der Waals surface area contributed by atoms with Crippen LogP contribution in [0.2, 0.25) is 5.02 Å². The van der Waals surface area contributed by atoms with Crippen molar-refractivity contribution in [1.82, 2.24) is 9.78 Å². The Hall–Kier alpha value is -1.85. The summed E-state index contributed by atoms with van der Waals surface area (Å²) < 4.78 is 1.64. The SMILES string of the molecule is NC(Cc1ccc(-n2cc(Cl)cn2)cc1)C(=O)O. The zero-order chi connectivity index (χ0) is 13.1. The molecule has 18 heavy (non-hydrogen) atoms. The highest BCUT2D eigenvalue weighted by molar-refractivity contribution is 6.30. The molecule has 5 nitrogen and oxygen atoms in total. The average molecular weight is 266 g/mol. The van der Waals surface area contributed by atoms with Crippen molar-refractivity contribution in [3.8, 4) is 5.69 Å². The summed E-state index contributed by atoms with van der Waals surface area (Å²) >= 11 is 5.78. The topological polar surface area (TPSA) is 81.1 Å². The van der Waals surface area contributed by atoms with Gasteiger partial charge in [0, 0.05) is 6.20 Å². The molecule has 0 saturated carbocycles. The summed E-state index contributed by atoms with van der Waals surface area (Å²) in [4.78, 5) is 10.6. The van der Waals surface area contributed by atoms with Gasteiger partial charge >= 0.3 is 5.97 Å². The Labute approximate surface area is 109 Å².